The van der Waals surface area contributed by atoms with Crippen molar-refractivity contribution < 1.29 is 29.4 Å². The molecule has 1 aromatic heterocycles. The van der Waals surface area contributed by atoms with Gasteiger partial charge in [-0.2, -0.15) is 0 Å². The second-order valence-electron chi connectivity index (χ2n) is 10.3. The zero-order chi connectivity index (χ0) is 24.0. The number of aliphatic hydroxyl groups is 1. The van der Waals surface area contributed by atoms with E-state index < -0.39 is 18.2 Å². The Bertz CT molecular complexity index is 819. The van der Waals surface area contributed by atoms with Crippen molar-refractivity contribution in [3.63, 3.8) is 0 Å². The highest BCUT2D eigenvalue weighted by molar-refractivity contribution is 5.73. The van der Waals surface area contributed by atoms with Gasteiger partial charge in [-0.25, -0.2) is 9.78 Å². The molecule has 0 unspecified atom stereocenters. The van der Waals surface area contributed by atoms with Crippen LogP contribution in [0.15, 0.2) is 12.1 Å². The first-order chi connectivity index (χ1) is 15.7. The molecule has 3 rings (SSSR count). The van der Waals surface area contributed by atoms with Crippen molar-refractivity contribution in [2.45, 2.75) is 77.8 Å². The van der Waals surface area contributed by atoms with Gasteiger partial charge in [-0.1, -0.05) is 26.8 Å². The Labute approximate surface area is 195 Å². The zero-order valence-electron chi connectivity index (χ0n) is 19.9. The maximum atomic E-state index is 12.2. The summed E-state index contributed by atoms with van der Waals surface area (Å²) in [5.74, 6) is 0.245. The maximum Gasteiger partial charge on any atom is 0.527 e. The number of aryl methyl sites for hydroxylation is 2. The van der Waals surface area contributed by atoms with Gasteiger partial charge in [0.2, 0.25) is 0 Å². The van der Waals surface area contributed by atoms with Gasteiger partial charge in [-0.3, -0.25) is 4.79 Å². The Morgan fingerprint density at radius 1 is 1.30 bits per heavy atom. The van der Waals surface area contributed by atoms with Gasteiger partial charge in [-0.05, 0) is 67.9 Å². The van der Waals surface area contributed by atoms with E-state index in [0.717, 1.165) is 43.7 Å². The lowest BCUT2D eigenvalue weighted by Crippen LogP contribution is -2.53. The molecule has 9 nitrogen and oxygen atoms in total. The average molecular weight is 464 g/mol. The minimum absolute atomic E-state index is 0.0326. The standard InChI is InChI=1S/C24H37N3O6/c1-24(2,3)15-32-23(31)33-27(20(10-12-28)22(29)30)19-13-16(14-19)6-8-18-9-7-17-5-4-11-25-21(17)26-18/h7,9,16,19-20,28H,4-6,8,10-15H2,1-3H3,(H,25,26)(H,29,30)/t16?,19?,20-/m0/s1. The number of ether oxygens (including phenoxy) is 1. The number of aliphatic carboxylic acids is 1. The van der Waals surface area contributed by atoms with E-state index in [2.05, 4.69) is 17.4 Å². The molecule has 1 aromatic rings. The predicted octanol–water partition coefficient (Wildman–Crippen LogP) is 3.40. The van der Waals surface area contributed by atoms with Crippen molar-refractivity contribution in [3.8, 4) is 0 Å². The molecule has 0 aromatic carbocycles. The van der Waals surface area contributed by atoms with E-state index in [1.54, 1.807) is 0 Å². The van der Waals surface area contributed by atoms with Crippen molar-refractivity contribution in [1.82, 2.24) is 10.0 Å². The number of hydrogen-bond donors (Lipinski definition) is 3. The number of aliphatic hydroxyl groups excluding tert-OH is 1. The zero-order valence-corrected chi connectivity index (χ0v) is 19.9. The molecular formula is C24H37N3O6. The van der Waals surface area contributed by atoms with E-state index in [1.807, 2.05) is 20.8 Å². The molecule has 1 saturated carbocycles. The van der Waals surface area contributed by atoms with Crippen LogP contribution in [0.2, 0.25) is 0 Å². The maximum absolute atomic E-state index is 12.2. The molecule has 1 atom stereocenters. The van der Waals surface area contributed by atoms with Crippen LogP contribution in [0.5, 0.6) is 0 Å². The molecule has 9 heteroatoms. The molecule has 0 spiro atoms. The number of carbonyl (C=O) groups excluding carboxylic acids is 1. The van der Waals surface area contributed by atoms with Crippen molar-refractivity contribution in [1.29, 1.82) is 0 Å². The van der Waals surface area contributed by atoms with Crippen molar-refractivity contribution in [2.24, 2.45) is 11.3 Å². The Hall–Kier alpha value is -2.39. The lowest BCUT2D eigenvalue weighted by atomic mass is 9.76. The third-order valence-electron chi connectivity index (χ3n) is 6.13. The van der Waals surface area contributed by atoms with Gasteiger partial charge in [0.25, 0.3) is 0 Å². The van der Waals surface area contributed by atoms with Crippen LogP contribution in [0.1, 0.15) is 64.1 Å². The van der Waals surface area contributed by atoms with E-state index in [9.17, 15) is 19.8 Å². The number of carbonyl (C=O) groups is 2. The van der Waals surface area contributed by atoms with Crippen LogP contribution in [-0.2, 0) is 27.2 Å². The first-order valence-corrected chi connectivity index (χ1v) is 11.9. The van der Waals surface area contributed by atoms with Gasteiger partial charge >= 0.3 is 12.1 Å². The predicted molar refractivity (Wildman–Crippen MR) is 123 cm³/mol. The minimum atomic E-state index is -1.14. The Morgan fingerprint density at radius 3 is 2.73 bits per heavy atom. The fourth-order valence-corrected chi connectivity index (χ4v) is 4.27. The molecule has 33 heavy (non-hydrogen) atoms. The van der Waals surface area contributed by atoms with Crippen LogP contribution in [0, 0.1) is 11.3 Å². The van der Waals surface area contributed by atoms with Crippen LogP contribution in [0.4, 0.5) is 10.6 Å². The Balaban J connectivity index is 1.55. The highest BCUT2D eigenvalue weighted by Gasteiger charge is 2.42. The second-order valence-corrected chi connectivity index (χ2v) is 10.3. The van der Waals surface area contributed by atoms with Gasteiger partial charge in [0.1, 0.15) is 11.9 Å². The number of carboxylic acid groups (broad SMARTS) is 1. The van der Waals surface area contributed by atoms with Crippen molar-refractivity contribution in [2.75, 3.05) is 25.1 Å². The van der Waals surface area contributed by atoms with Gasteiger partial charge in [0, 0.05) is 24.9 Å². The Kier molecular flexibility index (Phi) is 8.53. The largest absolute Gasteiger partial charge is 0.527 e. The lowest BCUT2D eigenvalue weighted by Gasteiger charge is -2.43. The summed E-state index contributed by atoms with van der Waals surface area (Å²) in [5.41, 5.74) is 2.08. The summed E-state index contributed by atoms with van der Waals surface area (Å²) in [4.78, 5) is 34.1. The summed E-state index contributed by atoms with van der Waals surface area (Å²) in [6.07, 6.45) is 4.45. The molecular weight excluding hydrogens is 426 g/mol. The smallest absolute Gasteiger partial charge is 0.480 e. The van der Waals surface area contributed by atoms with Gasteiger partial charge in [-0.15, -0.1) is 5.06 Å². The molecule has 2 aliphatic rings. The first-order valence-electron chi connectivity index (χ1n) is 11.9. The second kappa shape index (κ2) is 11.2. The third kappa shape index (κ3) is 7.30. The van der Waals surface area contributed by atoms with E-state index >= 15 is 0 Å². The topological polar surface area (TPSA) is 121 Å². The quantitative estimate of drug-likeness (QED) is 0.354. The molecule has 0 bridgehead atoms. The fourth-order valence-electron chi connectivity index (χ4n) is 4.27. The number of pyridine rings is 1. The molecule has 1 fully saturated rings. The fraction of sp³-hybridized carbons (Fsp3) is 0.708. The van der Waals surface area contributed by atoms with Gasteiger partial charge in [0.15, 0.2) is 0 Å². The van der Waals surface area contributed by atoms with E-state index in [1.165, 1.54) is 10.6 Å². The average Bonchev–Trinajstić information content (AvgIpc) is 2.73. The summed E-state index contributed by atoms with van der Waals surface area (Å²) in [5, 5.41) is 23.5. The number of hydroxylamine groups is 2. The monoisotopic (exact) mass is 463 g/mol. The molecule has 0 amide bonds. The Morgan fingerprint density at radius 2 is 2.06 bits per heavy atom. The molecule has 0 saturated heterocycles. The number of aromatic nitrogens is 1. The third-order valence-corrected chi connectivity index (χ3v) is 6.13. The SMILES string of the molecule is CC(C)(C)COC(=O)ON(C1CC(CCc2ccc3c(n2)NCCC3)C1)[C@@H](CCO)C(=O)O. The highest BCUT2D eigenvalue weighted by atomic mass is 16.8. The summed E-state index contributed by atoms with van der Waals surface area (Å²) < 4.78 is 5.17. The van der Waals surface area contributed by atoms with Crippen LogP contribution < -0.4 is 5.32 Å². The highest BCUT2D eigenvalue weighted by Crippen LogP contribution is 2.37. The summed E-state index contributed by atoms with van der Waals surface area (Å²) in [7, 11) is 0. The van der Waals surface area contributed by atoms with Crippen LogP contribution in [-0.4, -0.2) is 64.2 Å². The summed E-state index contributed by atoms with van der Waals surface area (Å²) >= 11 is 0. The van der Waals surface area contributed by atoms with E-state index in [-0.39, 0.29) is 31.1 Å². The van der Waals surface area contributed by atoms with Gasteiger partial charge in [0.05, 0.1) is 6.61 Å². The molecule has 1 aliphatic heterocycles. The molecule has 0 radical (unpaired) electrons. The van der Waals surface area contributed by atoms with Crippen LogP contribution in [0.25, 0.3) is 0 Å². The molecule has 3 N–H and O–H groups in total. The van der Waals surface area contributed by atoms with Crippen LogP contribution in [0.3, 0.4) is 0 Å². The normalized spacial score (nSPS) is 20.9. The molecule has 1 aliphatic carbocycles. The number of fused-ring (bicyclic) bond motifs is 1. The molecule has 2 heterocycles. The number of rotatable bonds is 10. The number of carboxylic acids is 1. The number of nitrogens with one attached hydrogen (secondary N) is 1. The number of nitrogens with zero attached hydrogens (tertiary/aromatic N) is 2. The van der Waals surface area contributed by atoms with E-state index in [4.69, 9.17) is 14.6 Å². The first kappa shape index (κ1) is 25.2. The number of hydrogen-bond acceptors (Lipinski definition) is 8. The summed E-state index contributed by atoms with van der Waals surface area (Å²) in [6.45, 7) is 6.57. The molecule has 184 valence electrons. The van der Waals surface area contributed by atoms with Gasteiger partial charge < -0.3 is 25.1 Å². The lowest BCUT2D eigenvalue weighted by molar-refractivity contribution is -0.214. The van der Waals surface area contributed by atoms with Crippen molar-refractivity contribution >= 4 is 17.9 Å². The minimum Gasteiger partial charge on any atom is -0.480 e. The number of anilines is 1. The van der Waals surface area contributed by atoms with Crippen LogP contribution >= 0.6 is 0 Å². The van der Waals surface area contributed by atoms with Crippen molar-refractivity contribution in [3.05, 3.63) is 23.4 Å². The van der Waals surface area contributed by atoms with E-state index in [0.29, 0.717) is 18.8 Å². The summed E-state index contributed by atoms with van der Waals surface area (Å²) in [6, 6.07) is 2.91.